The number of benzene rings is 1. The van der Waals surface area contributed by atoms with Gasteiger partial charge in [-0.15, -0.1) is 0 Å². The van der Waals surface area contributed by atoms with Crippen LogP contribution in [0.15, 0.2) is 18.2 Å². The van der Waals surface area contributed by atoms with Gasteiger partial charge >= 0.3 is 6.03 Å². The molecule has 2 amide bonds. The van der Waals surface area contributed by atoms with E-state index in [2.05, 4.69) is 24.3 Å². The Morgan fingerprint density at radius 3 is 2.77 bits per heavy atom. The van der Waals surface area contributed by atoms with Crippen LogP contribution in [0.2, 0.25) is 0 Å². The molecule has 5 nitrogen and oxygen atoms in total. The van der Waals surface area contributed by atoms with Crippen LogP contribution >= 0.6 is 0 Å². The van der Waals surface area contributed by atoms with Crippen molar-refractivity contribution in [2.75, 3.05) is 39.6 Å². The van der Waals surface area contributed by atoms with Crippen molar-refractivity contribution in [3.63, 3.8) is 0 Å². The molecule has 22 heavy (non-hydrogen) atoms. The molecule has 1 N–H and O–H groups in total. The summed E-state index contributed by atoms with van der Waals surface area (Å²) in [6, 6.07) is 6.28. The highest BCUT2D eigenvalue weighted by Crippen LogP contribution is 2.23. The highest BCUT2D eigenvalue weighted by atomic mass is 16.5. The van der Waals surface area contributed by atoms with E-state index in [1.165, 1.54) is 0 Å². The minimum absolute atomic E-state index is 0.0229. The molecule has 0 aliphatic carbocycles. The van der Waals surface area contributed by atoms with Crippen molar-refractivity contribution in [2.45, 2.75) is 32.2 Å². The van der Waals surface area contributed by atoms with Gasteiger partial charge in [-0.25, -0.2) is 4.79 Å². The first-order valence-corrected chi connectivity index (χ1v) is 7.88. The third kappa shape index (κ3) is 4.13. The molecular weight excluding hydrogens is 278 g/mol. The maximum Gasteiger partial charge on any atom is 0.321 e. The molecule has 1 aromatic rings. The summed E-state index contributed by atoms with van der Waals surface area (Å²) in [5.74, 6) is 0.793. The number of hydrogen-bond acceptors (Lipinski definition) is 3. The summed E-state index contributed by atoms with van der Waals surface area (Å²) in [7, 11) is 5.86. The van der Waals surface area contributed by atoms with Crippen LogP contribution in [0.1, 0.15) is 24.8 Å². The van der Waals surface area contributed by atoms with Crippen LogP contribution < -0.4 is 10.1 Å². The van der Waals surface area contributed by atoms with Gasteiger partial charge in [-0.05, 0) is 51.9 Å². The van der Waals surface area contributed by atoms with E-state index >= 15 is 0 Å². The molecule has 0 radical (unpaired) electrons. The maximum absolute atomic E-state index is 12.4. The van der Waals surface area contributed by atoms with Crippen LogP contribution in [0.25, 0.3) is 0 Å². The van der Waals surface area contributed by atoms with Gasteiger partial charge in [0, 0.05) is 30.9 Å². The zero-order chi connectivity index (χ0) is 16.1. The van der Waals surface area contributed by atoms with Crippen molar-refractivity contribution in [3.8, 4) is 5.75 Å². The molecule has 1 atom stereocenters. The fourth-order valence-corrected chi connectivity index (χ4v) is 2.90. The smallest absolute Gasteiger partial charge is 0.321 e. The monoisotopic (exact) mass is 305 g/mol. The van der Waals surface area contributed by atoms with Gasteiger partial charge in [0.1, 0.15) is 5.75 Å². The van der Waals surface area contributed by atoms with Crippen molar-refractivity contribution >= 4 is 11.7 Å². The molecule has 0 aromatic heterocycles. The lowest BCUT2D eigenvalue weighted by atomic mass is 10.1. The number of likely N-dealkylation sites (tertiary alicyclic amines) is 1. The Morgan fingerprint density at radius 2 is 2.09 bits per heavy atom. The molecule has 2 rings (SSSR count). The number of ether oxygens (including phenoxy) is 1. The molecule has 1 aliphatic heterocycles. The molecule has 1 aliphatic rings. The van der Waals surface area contributed by atoms with Gasteiger partial charge in [0.25, 0.3) is 0 Å². The van der Waals surface area contributed by atoms with Crippen LogP contribution in [0.3, 0.4) is 0 Å². The van der Waals surface area contributed by atoms with E-state index < -0.39 is 0 Å². The number of aryl methyl sites for hydroxylation is 1. The zero-order valence-electron chi connectivity index (χ0n) is 14.1. The lowest BCUT2D eigenvalue weighted by Gasteiger charge is -2.23. The molecule has 0 saturated carbocycles. The summed E-state index contributed by atoms with van der Waals surface area (Å²) in [6.07, 6.45) is 3.22. The molecule has 0 bridgehead atoms. The Labute approximate surface area is 133 Å². The Hall–Kier alpha value is -1.75. The molecule has 5 heteroatoms. The minimum Gasteiger partial charge on any atom is -0.496 e. The predicted molar refractivity (Wildman–Crippen MR) is 89.6 cm³/mol. The molecular formula is C17H27N3O2. The van der Waals surface area contributed by atoms with Crippen LogP contribution in [0.4, 0.5) is 10.5 Å². The van der Waals surface area contributed by atoms with Gasteiger partial charge in [0.2, 0.25) is 0 Å². The fraction of sp³-hybridized carbons (Fsp3) is 0.588. The van der Waals surface area contributed by atoms with Crippen molar-refractivity contribution in [1.29, 1.82) is 0 Å². The number of anilines is 1. The summed E-state index contributed by atoms with van der Waals surface area (Å²) in [5.41, 5.74) is 1.84. The number of nitrogens with zero attached hydrogens (tertiary/aromatic N) is 2. The van der Waals surface area contributed by atoms with Gasteiger partial charge in [-0.3, -0.25) is 0 Å². The molecule has 1 unspecified atom stereocenters. The SMILES string of the molecule is COc1cc(NC(=O)N2CCCC(N(C)C)CC2)ccc1C. The van der Waals surface area contributed by atoms with Crippen molar-refractivity contribution in [3.05, 3.63) is 23.8 Å². The first kappa shape index (κ1) is 16.6. The van der Waals surface area contributed by atoms with E-state index in [0.29, 0.717) is 6.04 Å². The third-order valence-corrected chi connectivity index (χ3v) is 4.37. The summed E-state index contributed by atoms with van der Waals surface area (Å²) in [6.45, 7) is 3.61. The molecule has 1 saturated heterocycles. The number of nitrogens with one attached hydrogen (secondary N) is 1. The third-order valence-electron chi connectivity index (χ3n) is 4.37. The van der Waals surface area contributed by atoms with E-state index in [9.17, 15) is 4.79 Å². The molecule has 122 valence electrons. The first-order valence-electron chi connectivity index (χ1n) is 7.88. The van der Waals surface area contributed by atoms with Crippen molar-refractivity contribution in [1.82, 2.24) is 9.80 Å². The summed E-state index contributed by atoms with van der Waals surface area (Å²) in [4.78, 5) is 16.6. The molecule has 1 heterocycles. The van der Waals surface area contributed by atoms with E-state index in [1.807, 2.05) is 30.0 Å². The normalized spacial score (nSPS) is 19.0. The number of urea groups is 1. The Kier molecular flexibility index (Phi) is 5.66. The molecule has 1 fully saturated rings. The number of methoxy groups -OCH3 is 1. The maximum atomic E-state index is 12.4. The van der Waals surface area contributed by atoms with Crippen molar-refractivity contribution < 1.29 is 9.53 Å². The average molecular weight is 305 g/mol. The Bertz CT molecular complexity index is 517. The minimum atomic E-state index is -0.0229. The van der Waals surface area contributed by atoms with Crippen LogP contribution in [-0.4, -0.2) is 56.2 Å². The summed E-state index contributed by atoms with van der Waals surface area (Å²) >= 11 is 0. The van der Waals surface area contributed by atoms with Gasteiger partial charge in [0.05, 0.1) is 7.11 Å². The average Bonchev–Trinajstić information content (AvgIpc) is 2.75. The van der Waals surface area contributed by atoms with Crippen molar-refractivity contribution in [2.24, 2.45) is 0 Å². The second kappa shape index (κ2) is 7.49. The number of amides is 2. The van der Waals surface area contributed by atoms with Gasteiger partial charge < -0.3 is 19.9 Å². The predicted octanol–water partition coefficient (Wildman–Crippen LogP) is 2.95. The second-order valence-electron chi connectivity index (χ2n) is 6.15. The lowest BCUT2D eigenvalue weighted by molar-refractivity contribution is 0.210. The van der Waals surface area contributed by atoms with E-state index in [1.54, 1.807) is 7.11 Å². The molecule has 1 aromatic carbocycles. The quantitative estimate of drug-likeness (QED) is 0.934. The number of rotatable bonds is 3. The summed E-state index contributed by atoms with van der Waals surface area (Å²) in [5, 5.41) is 2.98. The Balaban J connectivity index is 1.97. The van der Waals surface area contributed by atoms with Crippen LogP contribution in [-0.2, 0) is 0 Å². The summed E-state index contributed by atoms with van der Waals surface area (Å²) < 4.78 is 5.30. The fourth-order valence-electron chi connectivity index (χ4n) is 2.90. The van der Waals surface area contributed by atoms with Gasteiger partial charge in [-0.1, -0.05) is 6.07 Å². The zero-order valence-corrected chi connectivity index (χ0v) is 14.1. The highest BCUT2D eigenvalue weighted by molar-refractivity contribution is 5.89. The van der Waals surface area contributed by atoms with Crippen LogP contribution in [0.5, 0.6) is 5.75 Å². The van der Waals surface area contributed by atoms with E-state index in [-0.39, 0.29) is 6.03 Å². The van der Waals surface area contributed by atoms with E-state index in [0.717, 1.165) is 49.4 Å². The second-order valence-corrected chi connectivity index (χ2v) is 6.15. The van der Waals surface area contributed by atoms with Crippen LogP contribution in [0, 0.1) is 6.92 Å². The molecule has 0 spiro atoms. The topological polar surface area (TPSA) is 44.8 Å². The standard InChI is InChI=1S/C17H27N3O2/c1-13-7-8-14(12-16(13)22-4)18-17(21)20-10-5-6-15(9-11-20)19(2)3/h7-8,12,15H,5-6,9-11H2,1-4H3,(H,18,21). The number of carbonyl (C=O) groups is 1. The van der Waals surface area contributed by atoms with E-state index in [4.69, 9.17) is 4.74 Å². The van der Waals surface area contributed by atoms with Gasteiger partial charge in [-0.2, -0.15) is 0 Å². The largest absolute Gasteiger partial charge is 0.496 e. The number of carbonyl (C=O) groups excluding carboxylic acids is 1. The lowest BCUT2D eigenvalue weighted by Crippen LogP contribution is -2.36. The Morgan fingerprint density at radius 1 is 1.32 bits per heavy atom. The number of hydrogen-bond donors (Lipinski definition) is 1. The first-order chi connectivity index (χ1) is 10.5. The highest BCUT2D eigenvalue weighted by Gasteiger charge is 2.21. The van der Waals surface area contributed by atoms with Gasteiger partial charge in [0.15, 0.2) is 0 Å².